The standard InChI is InChI=1S/C21H22ClN5O6/c1-8-5-10(28)14(9(2)24-7-13-25-20(23)27-26-13)18(29)21(8)19(30)15-11(31-3)6-12(32-4)16(22)17(15)33-21/h6,8,29H,5,7H2,1-4H3,(H3,23,25,26,27)/t8-,21+/m1/s1. The number of benzene rings is 1. The third-order valence-electron chi connectivity index (χ3n) is 5.85. The Balaban J connectivity index is 1.84. The number of carbonyl (C=O) groups is 2. The van der Waals surface area contributed by atoms with Gasteiger partial charge in [-0.2, -0.15) is 4.98 Å². The quantitative estimate of drug-likeness (QED) is 0.551. The number of nitrogens with one attached hydrogen (secondary N) is 1. The van der Waals surface area contributed by atoms with Crippen LogP contribution in [0.5, 0.6) is 17.2 Å². The number of rotatable bonds is 5. The van der Waals surface area contributed by atoms with Crippen LogP contribution < -0.4 is 19.9 Å². The maximum Gasteiger partial charge on any atom is 0.239 e. The second kappa shape index (κ2) is 8.07. The Kier molecular flexibility index (Phi) is 5.52. The molecule has 0 fully saturated rings. The number of fused-ring (bicyclic) bond motifs is 1. The van der Waals surface area contributed by atoms with E-state index in [0.29, 0.717) is 5.82 Å². The monoisotopic (exact) mass is 475 g/mol. The van der Waals surface area contributed by atoms with Gasteiger partial charge in [0.2, 0.25) is 17.3 Å². The van der Waals surface area contributed by atoms with Crippen LogP contribution in [0.25, 0.3) is 0 Å². The summed E-state index contributed by atoms with van der Waals surface area (Å²) in [6, 6.07) is 1.47. The summed E-state index contributed by atoms with van der Waals surface area (Å²) in [5, 5.41) is 17.7. The Morgan fingerprint density at radius 1 is 1.39 bits per heavy atom. The number of aliphatic imine (C=N–C) groups is 1. The van der Waals surface area contributed by atoms with E-state index in [4.69, 9.17) is 31.5 Å². The van der Waals surface area contributed by atoms with Crippen LogP contribution >= 0.6 is 11.6 Å². The number of H-pyrrole nitrogens is 1. The average molecular weight is 476 g/mol. The van der Waals surface area contributed by atoms with Crippen LogP contribution in [0.15, 0.2) is 22.4 Å². The van der Waals surface area contributed by atoms with Crippen LogP contribution in [0, 0.1) is 5.92 Å². The number of aliphatic hydroxyl groups is 1. The Morgan fingerprint density at radius 2 is 2.09 bits per heavy atom. The molecule has 1 aliphatic heterocycles. The molecular weight excluding hydrogens is 454 g/mol. The number of ketones is 2. The highest BCUT2D eigenvalue weighted by molar-refractivity contribution is 6.35. The van der Waals surface area contributed by atoms with Crippen molar-refractivity contribution < 1.29 is 28.9 Å². The molecule has 2 atom stereocenters. The van der Waals surface area contributed by atoms with Gasteiger partial charge in [-0.1, -0.05) is 18.5 Å². The molecule has 1 aromatic heterocycles. The Hall–Kier alpha value is -3.60. The van der Waals surface area contributed by atoms with Crippen molar-refractivity contribution in [3.63, 3.8) is 0 Å². The summed E-state index contributed by atoms with van der Waals surface area (Å²) in [5.74, 6) is -1.27. The number of aromatic amines is 1. The van der Waals surface area contributed by atoms with Crippen LogP contribution in [0.3, 0.4) is 0 Å². The van der Waals surface area contributed by atoms with Crippen LogP contribution in [0.1, 0.15) is 36.5 Å². The first-order valence-electron chi connectivity index (χ1n) is 9.99. The van der Waals surface area contributed by atoms with Gasteiger partial charge in [0, 0.05) is 24.1 Å². The minimum absolute atomic E-state index is 0.0247. The molecule has 0 saturated heterocycles. The van der Waals surface area contributed by atoms with Gasteiger partial charge in [-0.25, -0.2) is 0 Å². The second-order valence-corrected chi connectivity index (χ2v) is 8.14. The number of aromatic nitrogens is 3. The molecule has 2 aromatic rings. The predicted molar refractivity (Wildman–Crippen MR) is 118 cm³/mol. The van der Waals surface area contributed by atoms with Gasteiger partial charge in [0.15, 0.2) is 17.3 Å². The van der Waals surface area contributed by atoms with E-state index in [0.717, 1.165) is 0 Å². The van der Waals surface area contributed by atoms with Gasteiger partial charge in [-0.15, -0.1) is 5.10 Å². The molecule has 0 bridgehead atoms. The number of allylic oxidation sites excluding steroid dienone is 1. The number of carbonyl (C=O) groups excluding carboxylic acids is 2. The molecule has 1 spiro atoms. The highest BCUT2D eigenvalue weighted by atomic mass is 35.5. The molecule has 0 amide bonds. The van der Waals surface area contributed by atoms with E-state index in [1.165, 1.54) is 20.3 Å². The molecule has 33 heavy (non-hydrogen) atoms. The number of aliphatic hydroxyl groups excluding tert-OH is 1. The maximum absolute atomic E-state index is 13.7. The molecule has 2 heterocycles. The number of ether oxygens (including phenoxy) is 3. The van der Waals surface area contributed by atoms with E-state index in [1.54, 1.807) is 13.8 Å². The van der Waals surface area contributed by atoms with Crippen molar-refractivity contribution in [2.45, 2.75) is 32.4 Å². The lowest BCUT2D eigenvalue weighted by Crippen LogP contribution is -2.53. The molecule has 1 aromatic carbocycles. The Morgan fingerprint density at radius 3 is 2.70 bits per heavy atom. The van der Waals surface area contributed by atoms with Crippen molar-refractivity contribution in [2.75, 3.05) is 20.0 Å². The van der Waals surface area contributed by atoms with Crippen molar-refractivity contribution >= 4 is 34.8 Å². The normalized spacial score (nSPS) is 22.6. The van der Waals surface area contributed by atoms with Gasteiger partial charge in [0.05, 0.1) is 26.3 Å². The molecule has 0 saturated carbocycles. The van der Waals surface area contributed by atoms with Gasteiger partial charge < -0.3 is 25.1 Å². The molecule has 11 nitrogen and oxygen atoms in total. The van der Waals surface area contributed by atoms with Crippen LogP contribution in [-0.4, -0.2) is 57.4 Å². The van der Waals surface area contributed by atoms with E-state index in [2.05, 4.69) is 20.2 Å². The second-order valence-electron chi connectivity index (χ2n) is 7.76. The van der Waals surface area contributed by atoms with E-state index in [1.807, 2.05) is 0 Å². The van der Waals surface area contributed by atoms with E-state index >= 15 is 0 Å². The van der Waals surface area contributed by atoms with E-state index in [-0.39, 0.29) is 63.8 Å². The minimum Gasteiger partial charge on any atom is -0.507 e. The fraction of sp³-hybridized carbons (Fsp3) is 0.381. The van der Waals surface area contributed by atoms with Crippen molar-refractivity contribution in [3.05, 3.63) is 33.8 Å². The summed E-state index contributed by atoms with van der Waals surface area (Å²) in [7, 11) is 2.81. The maximum atomic E-state index is 13.7. The number of nitrogens with two attached hydrogens (primary N) is 1. The molecule has 2 aliphatic rings. The number of nitrogens with zero attached hydrogens (tertiary/aromatic N) is 3. The number of nitrogen functional groups attached to an aromatic ring is 1. The highest BCUT2D eigenvalue weighted by Gasteiger charge is 2.61. The fourth-order valence-electron chi connectivity index (χ4n) is 4.18. The zero-order valence-electron chi connectivity index (χ0n) is 18.4. The summed E-state index contributed by atoms with van der Waals surface area (Å²) >= 11 is 6.42. The molecule has 4 rings (SSSR count). The summed E-state index contributed by atoms with van der Waals surface area (Å²) in [4.78, 5) is 34.9. The zero-order valence-corrected chi connectivity index (χ0v) is 19.1. The number of methoxy groups -OCH3 is 2. The van der Waals surface area contributed by atoms with Gasteiger partial charge in [0.25, 0.3) is 0 Å². The molecule has 12 heteroatoms. The van der Waals surface area contributed by atoms with E-state index in [9.17, 15) is 14.7 Å². The fourth-order valence-corrected chi connectivity index (χ4v) is 4.45. The molecule has 4 N–H and O–H groups in total. The smallest absolute Gasteiger partial charge is 0.239 e. The first-order chi connectivity index (χ1) is 15.6. The van der Waals surface area contributed by atoms with Gasteiger partial charge >= 0.3 is 0 Å². The summed E-state index contributed by atoms with van der Waals surface area (Å²) < 4.78 is 16.7. The SMILES string of the molecule is COc1cc(OC)c2c(c1Cl)O[C@]1(C2=O)C(O)=C(C(C)=NCc2nc(N)n[nH]2)C(=O)C[C@H]1C. The lowest BCUT2D eigenvalue weighted by atomic mass is 9.72. The molecule has 174 valence electrons. The third kappa shape index (κ3) is 3.30. The highest BCUT2D eigenvalue weighted by Crippen LogP contribution is 2.54. The van der Waals surface area contributed by atoms with Crippen LogP contribution in [0.2, 0.25) is 5.02 Å². The largest absolute Gasteiger partial charge is 0.507 e. The number of halogens is 1. The molecule has 1 aliphatic carbocycles. The lowest BCUT2D eigenvalue weighted by Gasteiger charge is -2.37. The van der Waals surface area contributed by atoms with Gasteiger partial charge in [-0.05, 0) is 6.92 Å². The number of Topliss-reactive ketones (excluding diaryl/α,β-unsaturated/α-hetero) is 2. The molecule has 0 radical (unpaired) electrons. The van der Waals surface area contributed by atoms with Gasteiger partial charge in [-0.3, -0.25) is 19.7 Å². The number of anilines is 1. The van der Waals surface area contributed by atoms with Crippen LogP contribution in [-0.2, 0) is 11.3 Å². The first kappa shape index (κ1) is 22.6. The molecule has 0 unspecified atom stereocenters. The molecular formula is C21H22ClN5O6. The summed E-state index contributed by atoms with van der Waals surface area (Å²) in [5.41, 5.74) is 3.82. The third-order valence-corrected chi connectivity index (χ3v) is 6.21. The number of hydrogen-bond acceptors (Lipinski definition) is 10. The topological polar surface area (TPSA) is 162 Å². The lowest BCUT2D eigenvalue weighted by molar-refractivity contribution is -0.118. The Labute approximate surface area is 193 Å². The van der Waals surface area contributed by atoms with Crippen molar-refractivity contribution in [1.29, 1.82) is 0 Å². The van der Waals surface area contributed by atoms with Gasteiger partial charge in [0.1, 0.15) is 27.9 Å². The predicted octanol–water partition coefficient (Wildman–Crippen LogP) is 2.45. The van der Waals surface area contributed by atoms with Crippen molar-refractivity contribution in [1.82, 2.24) is 15.2 Å². The average Bonchev–Trinajstić information content (AvgIpc) is 3.33. The minimum atomic E-state index is -1.86. The van der Waals surface area contributed by atoms with Crippen LogP contribution in [0.4, 0.5) is 5.95 Å². The summed E-state index contributed by atoms with van der Waals surface area (Å²) in [6.07, 6.45) is -0.0572. The zero-order chi connectivity index (χ0) is 24.1. The first-order valence-corrected chi connectivity index (χ1v) is 10.4. The Bertz CT molecular complexity index is 1240. The number of hydrogen-bond donors (Lipinski definition) is 3. The van der Waals surface area contributed by atoms with E-state index < -0.39 is 23.1 Å². The summed E-state index contributed by atoms with van der Waals surface area (Å²) in [6.45, 7) is 3.24. The van der Waals surface area contributed by atoms with Crippen molar-refractivity contribution in [3.8, 4) is 17.2 Å². The van der Waals surface area contributed by atoms with Crippen molar-refractivity contribution in [2.24, 2.45) is 10.9 Å².